The fraction of sp³-hybridized carbons (Fsp3) is 0.667. The fourth-order valence-electron chi connectivity index (χ4n) is 1.16. The van der Waals surface area contributed by atoms with Crippen molar-refractivity contribution in [2.45, 2.75) is 47.1 Å². The third kappa shape index (κ3) is 5.53. The molecule has 0 saturated heterocycles. The molecular weight excluding hydrogens is 202 g/mol. The van der Waals surface area contributed by atoms with Crippen molar-refractivity contribution in [3.8, 4) is 0 Å². The maximum absolute atomic E-state index is 10.6. The lowest BCUT2D eigenvalue weighted by Crippen LogP contribution is -2.24. The van der Waals surface area contributed by atoms with Crippen LogP contribution in [0.4, 0.5) is 0 Å². The van der Waals surface area contributed by atoms with Crippen molar-refractivity contribution in [1.29, 1.82) is 0 Å². The number of nitrogens with one attached hydrogen (secondary N) is 1. The van der Waals surface area contributed by atoms with E-state index < -0.39 is 0 Å². The first kappa shape index (κ1) is 14.7. The Morgan fingerprint density at radius 2 is 2.12 bits per heavy atom. The summed E-state index contributed by atoms with van der Waals surface area (Å²) in [6, 6.07) is 0. The van der Waals surface area contributed by atoms with E-state index in [9.17, 15) is 4.79 Å². The van der Waals surface area contributed by atoms with Gasteiger partial charge in [0.2, 0.25) is 5.91 Å². The molecule has 0 aromatic carbocycles. The number of hydrogen-bond acceptors (Lipinski definition) is 2. The van der Waals surface area contributed by atoms with Gasteiger partial charge in [-0.25, -0.2) is 4.98 Å². The molecule has 0 bridgehead atoms. The first-order chi connectivity index (χ1) is 7.59. The zero-order chi connectivity index (χ0) is 12.6. The van der Waals surface area contributed by atoms with Crippen molar-refractivity contribution in [2.75, 3.05) is 6.54 Å². The molecule has 1 rings (SSSR count). The number of nitrogens with zero attached hydrogens (tertiary/aromatic N) is 2. The van der Waals surface area contributed by atoms with E-state index in [0.717, 1.165) is 12.2 Å². The molecule has 0 aliphatic heterocycles. The number of amides is 1. The maximum Gasteiger partial charge on any atom is 0.216 e. The Morgan fingerprint density at radius 3 is 2.56 bits per heavy atom. The largest absolute Gasteiger partial charge is 0.355 e. The van der Waals surface area contributed by atoms with Crippen molar-refractivity contribution in [2.24, 2.45) is 0 Å². The van der Waals surface area contributed by atoms with Crippen LogP contribution in [-0.2, 0) is 11.3 Å². The van der Waals surface area contributed by atoms with Crippen LogP contribution in [0.25, 0.3) is 0 Å². The number of imidazole rings is 1. The number of rotatable bonds is 4. The van der Waals surface area contributed by atoms with Gasteiger partial charge in [0.05, 0.1) is 12.0 Å². The van der Waals surface area contributed by atoms with Crippen LogP contribution < -0.4 is 5.32 Å². The number of carbonyl (C=O) groups excluding carboxylic acids is 1. The van der Waals surface area contributed by atoms with E-state index in [4.69, 9.17) is 0 Å². The topological polar surface area (TPSA) is 46.9 Å². The molecule has 4 heteroatoms. The summed E-state index contributed by atoms with van der Waals surface area (Å²) in [5.74, 6) is 0.464. The van der Waals surface area contributed by atoms with Crippen molar-refractivity contribution in [3.05, 3.63) is 18.2 Å². The average molecular weight is 225 g/mol. The van der Waals surface area contributed by atoms with Gasteiger partial charge in [-0.1, -0.05) is 27.7 Å². The van der Waals surface area contributed by atoms with Crippen LogP contribution in [0.15, 0.2) is 12.5 Å². The second-order valence-corrected chi connectivity index (χ2v) is 3.67. The summed E-state index contributed by atoms with van der Waals surface area (Å²) < 4.78 is 1.99. The third-order valence-corrected chi connectivity index (χ3v) is 1.99. The third-order valence-electron chi connectivity index (χ3n) is 1.99. The van der Waals surface area contributed by atoms with E-state index in [1.54, 1.807) is 6.33 Å². The quantitative estimate of drug-likeness (QED) is 0.853. The van der Waals surface area contributed by atoms with Crippen LogP contribution in [-0.4, -0.2) is 22.0 Å². The Balaban J connectivity index is 0.00000106. The first-order valence-corrected chi connectivity index (χ1v) is 5.85. The van der Waals surface area contributed by atoms with Crippen LogP contribution in [0.5, 0.6) is 0 Å². The lowest BCUT2D eigenvalue weighted by Gasteiger charge is -2.02. The normalized spacial score (nSPS) is 9.62. The minimum atomic E-state index is 0.00852. The van der Waals surface area contributed by atoms with E-state index in [1.807, 2.05) is 24.6 Å². The molecule has 1 aromatic heterocycles. The van der Waals surface area contributed by atoms with Gasteiger partial charge in [-0.3, -0.25) is 4.79 Å². The van der Waals surface area contributed by atoms with Crippen molar-refractivity contribution < 1.29 is 4.79 Å². The molecule has 92 valence electrons. The Kier molecular flexibility index (Phi) is 7.25. The zero-order valence-corrected chi connectivity index (χ0v) is 10.9. The molecular formula is C12H23N3O. The van der Waals surface area contributed by atoms with Gasteiger partial charge in [0.25, 0.3) is 0 Å². The van der Waals surface area contributed by atoms with Gasteiger partial charge in [0, 0.05) is 26.2 Å². The summed E-state index contributed by atoms with van der Waals surface area (Å²) in [6.07, 6.45) is 3.82. The zero-order valence-electron chi connectivity index (χ0n) is 10.9. The lowest BCUT2D eigenvalue weighted by molar-refractivity contribution is -0.118. The molecule has 1 amide bonds. The van der Waals surface area contributed by atoms with Gasteiger partial charge in [0.15, 0.2) is 0 Å². The summed E-state index contributed by atoms with van der Waals surface area (Å²) in [7, 11) is 0. The Labute approximate surface area is 98.1 Å². The summed E-state index contributed by atoms with van der Waals surface area (Å²) in [6.45, 7) is 11.2. The molecule has 0 spiro atoms. The molecule has 1 N–H and O–H groups in total. The lowest BCUT2D eigenvalue weighted by atomic mass is 10.2. The van der Waals surface area contributed by atoms with Crippen LogP contribution in [0.3, 0.4) is 0 Å². The molecule has 0 atom stereocenters. The molecule has 0 aliphatic rings. The van der Waals surface area contributed by atoms with Gasteiger partial charge in [-0.2, -0.15) is 0 Å². The van der Waals surface area contributed by atoms with Gasteiger partial charge in [-0.05, 0) is 5.92 Å². The summed E-state index contributed by atoms with van der Waals surface area (Å²) in [5, 5.41) is 2.74. The minimum Gasteiger partial charge on any atom is -0.355 e. The SMILES string of the molecule is CC.CC(=O)NCCn1cnc(C(C)C)c1. The predicted molar refractivity (Wildman–Crippen MR) is 66.3 cm³/mol. The number of aromatic nitrogens is 2. The Hall–Kier alpha value is -1.32. The van der Waals surface area contributed by atoms with Gasteiger partial charge < -0.3 is 9.88 Å². The number of hydrogen-bond donors (Lipinski definition) is 1. The van der Waals surface area contributed by atoms with E-state index in [-0.39, 0.29) is 5.91 Å². The molecule has 0 unspecified atom stereocenters. The van der Waals surface area contributed by atoms with Gasteiger partial charge in [0.1, 0.15) is 0 Å². The van der Waals surface area contributed by atoms with Crippen LogP contribution in [0, 0.1) is 0 Å². The van der Waals surface area contributed by atoms with Crippen molar-refractivity contribution >= 4 is 5.91 Å². The molecule has 0 saturated carbocycles. The molecule has 4 nitrogen and oxygen atoms in total. The van der Waals surface area contributed by atoms with E-state index in [2.05, 4.69) is 24.1 Å². The van der Waals surface area contributed by atoms with Crippen LogP contribution >= 0.6 is 0 Å². The number of carbonyl (C=O) groups is 1. The molecule has 16 heavy (non-hydrogen) atoms. The van der Waals surface area contributed by atoms with Gasteiger partial charge in [-0.15, -0.1) is 0 Å². The minimum absolute atomic E-state index is 0.00852. The highest BCUT2D eigenvalue weighted by atomic mass is 16.1. The smallest absolute Gasteiger partial charge is 0.216 e. The highest BCUT2D eigenvalue weighted by Crippen LogP contribution is 2.09. The highest BCUT2D eigenvalue weighted by molar-refractivity contribution is 5.72. The molecule has 0 aliphatic carbocycles. The first-order valence-electron chi connectivity index (χ1n) is 5.85. The molecule has 1 heterocycles. The monoisotopic (exact) mass is 225 g/mol. The molecule has 0 fully saturated rings. The summed E-state index contributed by atoms with van der Waals surface area (Å²) in [5.41, 5.74) is 1.09. The fourth-order valence-corrected chi connectivity index (χ4v) is 1.16. The molecule has 0 radical (unpaired) electrons. The maximum atomic E-state index is 10.6. The van der Waals surface area contributed by atoms with Gasteiger partial charge >= 0.3 is 0 Å². The second kappa shape index (κ2) is 7.91. The Morgan fingerprint density at radius 1 is 1.50 bits per heavy atom. The second-order valence-electron chi connectivity index (χ2n) is 3.67. The summed E-state index contributed by atoms with van der Waals surface area (Å²) in [4.78, 5) is 14.9. The van der Waals surface area contributed by atoms with Crippen molar-refractivity contribution in [3.63, 3.8) is 0 Å². The van der Waals surface area contributed by atoms with E-state index >= 15 is 0 Å². The van der Waals surface area contributed by atoms with E-state index in [0.29, 0.717) is 12.5 Å². The predicted octanol–water partition coefficient (Wildman–Crippen LogP) is 2.17. The van der Waals surface area contributed by atoms with Crippen molar-refractivity contribution in [1.82, 2.24) is 14.9 Å². The standard InChI is InChI=1S/C10H17N3O.C2H6/c1-8(2)10-6-13(7-12-10)5-4-11-9(3)14;1-2/h6-8H,4-5H2,1-3H3,(H,11,14);1-2H3. The average Bonchev–Trinajstić information content (AvgIpc) is 2.69. The highest BCUT2D eigenvalue weighted by Gasteiger charge is 2.02. The van der Waals surface area contributed by atoms with Crippen LogP contribution in [0.1, 0.15) is 46.2 Å². The summed E-state index contributed by atoms with van der Waals surface area (Å²) >= 11 is 0. The molecule has 1 aromatic rings. The Bertz CT molecular complexity index is 305. The van der Waals surface area contributed by atoms with Crippen LogP contribution in [0.2, 0.25) is 0 Å². The van der Waals surface area contributed by atoms with E-state index in [1.165, 1.54) is 6.92 Å².